The number of aromatic nitrogens is 2. The number of benzene rings is 1. The number of amides is 1. The molecule has 0 bridgehead atoms. The van der Waals surface area contributed by atoms with E-state index in [1.807, 2.05) is 28.9 Å². The Balaban J connectivity index is 1.30. The van der Waals surface area contributed by atoms with E-state index in [1.165, 1.54) is 5.56 Å². The Labute approximate surface area is 165 Å². The highest BCUT2D eigenvalue weighted by atomic mass is 16.5. The van der Waals surface area contributed by atoms with Crippen LogP contribution in [0, 0.1) is 5.92 Å². The third-order valence-electron chi connectivity index (χ3n) is 5.44. The maximum absolute atomic E-state index is 12.1. The fourth-order valence-electron chi connectivity index (χ4n) is 3.76. The van der Waals surface area contributed by atoms with Gasteiger partial charge in [-0.05, 0) is 43.4 Å². The number of nitrogens with zero attached hydrogens (tertiary/aromatic N) is 3. The molecule has 4 rings (SSSR count). The topological polar surface area (TPSA) is 79.6 Å². The Kier molecular flexibility index (Phi) is 5.92. The zero-order valence-corrected chi connectivity index (χ0v) is 16.1. The van der Waals surface area contributed by atoms with Crippen molar-refractivity contribution in [3.05, 3.63) is 42.1 Å². The van der Waals surface area contributed by atoms with Crippen molar-refractivity contribution < 1.29 is 14.6 Å². The van der Waals surface area contributed by atoms with Crippen molar-refractivity contribution in [3.63, 3.8) is 0 Å². The van der Waals surface area contributed by atoms with Gasteiger partial charge in [0.15, 0.2) is 0 Å². The van der Waals surface area contributed by atoms with E-state index in [9.17, 15) is 4.79 Å². The summed E-state index contributed by atoms with van der Waals surface area (Å²) in [6.07, 6.45) is 5.80. The van der Waals surface area contributed by atoms with Crippen LogP contribution in [0.15, 0.2) is 36.5 Å². The lowest BCUT2D eigenvalue weighted by atomic mass is 10.0. The van der Waals surface area contributed by atoms with Crippen molar-refractivity contribution in [3.8, 4) is 5.75 Å². The van der Waals surface area contributed by atoms with Gasteiger partial charge in [-0.3, -0.25) is 9.69 Å². The number of nitrogens with one attached hydrogen (secondary N) is 1. The highest BCUT2D eigenvalue weighted by molar-refractivity contribution is 5.93. The maximum atomic E-state index is 12.1. The van der Waals surface area contributed by atoms with E-state index >= 15 is 0 Å². The van der Waals surface area contributed by atoms with E-state index in [0.717, 1.165) is 56.9 Å². The molecule has 2 aliphatic rings. The van der Waals surface area contributed by atoms with Crippen molar-refractivity contribution in [1.82, 2.24) is 14.7 Å². The molecule has 1 aliphatic carbocycles. The molecule has 1 amide bonds. The Morgan fingerprint density at radius 3 is 2.79 bits per heavy atom. The SMILES string of the molecule is O=C(Nc1ccnn1C1CCN(Cc2cccc(OCCO)c2)CC1)C1CC1. The highest BCUT2D eigenvalue weighted by Crippen LogP contribution is 2.31. The van der Waals surface area contributed by atoms with E-state index in [4.69, 9.17) is 9.84 Å². The van der Waals surface area contributed by atoms with E-state index < -0.39 is 0 Å². The zero-order chi connectivity index (χ0) is 19.3. The number of aliphatic hydroxyl groups is 1. The monoisotopic (exact) mass is 384 g/mol. The molecule has 0 atom stereocenters. The molecule has 0 radical (unpaired) electrons. The first-order valence-corrected chi connectivity index (χ1v) is 10.1. The molecule has 0 unspecified atom stereocenters. The van der Waals surface area contributed by atoms with Crippen molar-refractivity contribution in [2.75, 3.05) is 31.6 Å². The van der Waals surface area contributed by atoms with Crippen LogP contribution in [-0.4, -0.2) is 52.0 Å². The molecule has 0 spiro atoms. The number of anilines is 1. The molecule has 2 heterocycles. The minimum absolute atomic E-state index is 0.0221. The normalized spacial score (nSPS) is 18.2. The molecular weight excluding hydrogens is 356 g/mol. The second kappa shape index (κ2) is 8.75. The number of rotatable bonds is 8. The number of carbonyl (C=O) groups excluding carboxylic acids is 1. The minimum atomic E-state index is 0.0221. The van der Waals surface area contributed by atoms with Gasteiger partial charge in [-0.15, -0.1) is 0 Å². The van der Waals surface area contributed by atoms with E-state index in [1.54, 1.807) is 6.20 Å². The van der Waals surface area contributed by atoms with Crippen LogP contribution in [0.2, 0.25) is 0 Å². The highest BCUT2D eigenvalue weighted by Gasteiger charge is 2.31. The number of carbonyl (C=O) groups is 1. The Morgan fingerprint density at radius 1 is 1.21 bits per heavy atom. The van der Waals surface area contributed by atoms with Crippen molar-refractivity contribution >= 4 is 11.7 Å². The molecule has 7 nitrogen and oxygen atoms in total. The summed E-state index contributed by atoms with van der Waals surface area (Å²) in [6.45, 7) is 3.20. The molecular formula is C21H28N4O3. The van der Waals surface area contributed by atoms with Crippen LogP contribution in [0.4, 0.5) is 5.82 Å². The smallest absolute Gasteiger partial charge is 0.228 e. The van der Waals surface area contributed by atoms with E-state index in [2.05, 4.69) is 21.4 Å². The van der Waals surface area contributed by atoms with Crippen LogP contribution in [0.1, 0.15) is 37.3 Å². The lowest BCUT2D eigenvalue weighted by Gasteiger charge is -2.32. The molecule has 2 fully saturated rings. The molecule has 1 aromatic carbocycles. The van der Waals surface area contributed by atoms with Gasteiger partial charge in [0.05, 0.1) is 18.8 Å². The Morgan fingerprint density at radius 2 is 2.04 bits per heavy atom. The lowest BCUT2D eigenvalue weighted by molar-refractivity contribution is -0.117. The fourth-order valence-corrected chi connectivity index (χ4v) is 3.76. The zero-order valence-electron chi connectivity index (χ0n) is 16.1. The average Bonchev–Trinajstić information content (AvgIpc) is 3.47. The lowest BCUT2D eigenvalue weighted by Crippen LogP contribution is -2.35. The molecule has 150 valence electrons. The van der Waals surface area contributed by atoms with Gasteiger partial charge in [-0.2, -0.15) is 5.10 Å². The van der Waals surface area contributed by atoms with E-state index in [0.29, 0.717) is 12.6 Å². The fraction of sp³-hybridized carbons (Fsp3) is 0.524. The summed E-state index contributed by atoms with van der Waals surface area (Å²) < 4.78 is 7.49. The Bertz CT molecular complexity index is 794. The second-order valence-corrected chi connectivity index (χ2v) is 7.65. The van der Waals surface area contributed by atoms with E-state index in [-0.39, 0.29) is 18.4 Å². The number of aliphatic hydroxyl groups excluding tert-OH is 1. The molecule has 28 heavy (non-hydrogen) atoms. The number of piperidine rings is 1. The average molecular weight is 384 g/mol. The first-order chi connectivity index (χ1) is 13.7. The summed E-state index contributed by atoms with van der Waals surface area (Å²) in [5.74, 6) is 1.95. The largest absolute Gasteiger partial charge is 0.491 e. The quantitative estimate of drug-likeness (QED) is 0.731. The van der Waals surface area contributed by atoms with Gasteiger partial charge >= 0.3 is 0 Å². The summed E-state index contributed by atoms with van der Waals surface area (Å²) in [6, 6.07) is 10.3. The van der Waals surface area contributed by atoms with Gasteiger partial charge in [-0.1, -0.05) is 12.1 Å². The first kappa shape index (κ1) is 19.0. The predicted octanol–water partition coefficient (Wildman–Crippen LogP) is 2.44. The van der Waals surface area contributed by atoms with Gasteiger partial charge in [0.1, 0.15) is 18.2 Å². The summed E-state index contributed by atoms with van der Waals surface area (Å²) in [4.78, 5) is 14.5. The van der Waals surface area contributed by atoms with Gasteiger partial charge in [0.25, 0.3) is 0 Å². The third kappa shape index (κ3) is 4.72. The van der Waals surface area contributed by atoms with Crippen LogP contribution >= 0.6 is 0 Å². The van der Waals surface area contributed by atoms with Gasteiger partial charge in [-0.25, -0.2) is 4.68 Å². The number of hydrogen-bond acceptors (Lipinski definition) is 5. The summed E-state index contributed by atoms with van der Waals surface area (Å²) >= 11 is 0. The molecule has 2 aromatic rings. The summed E-state index contributed by atoms with van der Waals surface area (Å²) in [5, 5.41) is 16.4. The molecule has 1 aliphatic heterocycles. The van der Waals surface area contributed by atoms with Gasteiger partial charge in [0.2, 0.25) is 5.91 Å². The molecule has 1 saturated heterocycles. The van der Waals surface area contributed by atoms with Gasteiger partial charge < -0.3 is 15.2 Å². The number of likely N-dealkylation sites (tertiary alicyclic amines) is 1. The van der Waals surface area contributed by atoms with Crippen LogP contribution in [0.25, 0.3) is 0 Å². The minimum Gasteiger partial charge on any atom is -0.491 e. The summed E-state index contributed by atoms with van der Waals surface area (Å²) in [7, 11) is 0. The number of hydrogen-bond donors (Lipinski definition) is 2. The van der Waals surface area contributed by atoms with Crippen LogP contribution in [-0.2, 0) is 11.3 Å². The van der Waals surface area contributed by atoms with Crippen LogP contribution < -0.4 is 10.1 Å². The first-order valence-electron chi connectivity index (χ1n) is 10.1. The standard InChI is InChI=1S/C21H28N4O3/c26-12-13-28-19-3-1-2-16(14-19)15-24-10-7-18(8-11-24)25-20(6-9-22-25)23-21(27)17-4-5-17/h1-3,6,9,14,17-18,26H,4-5,7-8,10-13,15H2,(H,23,27). The van der Waals surface area contributed by atoms with Crippen molar-refractivity contribution in [1.29, 1.82) is 0 Å². The third-order valence-corrected chi connectivity index (χ3v) is 5.44. The molecule has 1 saturated carbocycles. The van der Waals surface area contributed by atoms with Gasteiger partial charge in [0, 0.05) is 31.6 Å². The molecule has 7 heteroatoms. The van der Waals surface area contributed by atoms with Crippen molar-refractivity contribution in [2.24, 2.45) is 5.92 Å². The second-order valence-electron chi connectivity index (χ2n) is 7.65. The van der Waals surface area contributed by atoms with Crippen LogP contribution in [0.5, 0.6) is 5.75 Å². The Hall–Kier alpha value is -2.38. The van der Waals surface area contributed by atoms with Crippen LogP contribution in [0.3, 0.4) is 0 Å². The molecule has 1 aromatic heterocycles. The van der Waals surface area contributed by atoms with Crippen molar-refractivity contribution in [2.45, 2.75) is 38.3 Å². The maximum Gasteiger partial charge on any atom is 0.228 e. The number of ether oxygens (including phenoxy) is 1. The predicted molar refractivity (Wildman–Crippen MR) is 106 cm³/mol. The molecule has 2 N–H and O–H groups in total. The summed E-state index contributed by atoms with van der Waals surface area (Å²) in [5.41, 5.74) is 1.21.